The Morgan fingerprint density at radius 2 is 1.00 bits per heavy atom. The van der Waals surface area contributed by atoms with E-state index in [4.69, 9.17) is 0 Å². The average molecular weight is 504 g/mol. The lowest BCUT2D eigenvalue weighted by Crippen LogP contribution is -1.92. The third kappa shape index (κ3) is 4.26. The van der Waals surface area contributed by atoms with Crippen LogP contribution in [0.15, 0.2) is 146 Å². The predicted octanol–water partition coefficient (Wildman–Crippen LogP) is 10.8. The van der Waals surface area contributed by atoms with Crippen molar-refractivity contribution in [3.8, 4) is 33.4 Å². The minimum atomic E-state index is 1.08. The molecule has 1 N–H and O–H groups in total. The second kappa shape index (κ2) is 9.66. The molecule has 0 saturated heterocycles. The molecule has 0 aliphatic heterocycles. The molecule has 0 atom stereocenters. The Morgan fingerprint density at radius 1 is 0.395 bits per heavy atom. The highest BCUT2D eigenvalue weighted by atomic mass is 32.1. The van der Waals surface area contributed by atoms with Crippen LogP contribution in [-0.4, -0.2) is 0 Å². The Hall–Kier alpha value is -4.66. The minimum absolute atomic E-state index is 1.08. The van der Waals surface area contributed by atoms with Gasteiger partial charge in [-0.1, -0.05) is 115 Å². The molecule has 0 bridgehead atoms. The normalized spacial score (nSPS) is 11.2. The molecule has 0 aliphatic carbocycles. The fraction of sp³-hybridized carbons (Fsp3) is 0. The van der Waals surface area contributed by atoms with Gasteiger partial charge in [0.05, 0.1) is 0 Å². The second-order valence-electron chi connectivity index (χ2n) is 9.51. The molecule has 0 spiro atoms. The van der Waals surface area contributed by atoms with Crippen molar-refractivity contribution in [2.45, 2.75) is 0 Å². The van der Waals surface area contributed by atoms with Gasteiger partial charge in [0.15, 0.2) is 0 Å². The second-order valence-corrected chi connectivity index (χ2v) is 10.6. The molecule has 180 valence electrons. The molecule has 0 saturated carbocycles. The van der Waals surface area contributed by atoms with Gasteiger partial charge < -0.3 is 5.32 Å². The summed E-state index contributed by atoms with van der Waals surface area (Å²) >= 11 is 1.87. The molecule has 1 heterocycles. The number of fused-ring (bicyclic) bond motifs is 3. The van der Waals surface area contributed by atoms with Crippen LogP contribution in [0, 0.1) is 0 Å². The topological polar surface area (TPSA) is 12.0 Å². The first-order valence-corrected chi connectivity index (χ1v) is 13.7. The lowest BCUT2D eigenvalue weighted by atomic mass is 9.98. The molecule has 0 fully saturated rings. The molecular formula is C36H25NS. The Balaban J connectivity index is 1.33. The first-order chi connectivity index (χ1) is 18.8. The number of rotatable bonds is 5. The first kappa shape index (κ1) is 22.5. The molecule has 7 aromatic rings. The van der Waals surface area contributed by atoms with Crippen molar-refractivity contribution in [2.24, 2.45) is 0 Å². The summed E-state index contributed by atoms with van der Waals surface area (Å²) in [5, 5.41) is 6.30. The van der Waals surface area contributed by atoms with Crippen LogP contribution >= 0.6 is 11.3 Å². The Morgan fingerprint density at radius 3 is 1.76 bits per heavy atom. The van der Waals surface area contributed by atoms with E-state index in [0.717, 1.165) is 11.4 Å². The molecule has 1 aromatic heterocycles. The van der Waals surface area contributed by atoms with Gasteiger partial charge in [-0.2, -0.15) is 0 Å². The molecule has 2 heteroatoms. The van der Waals surface area contributed by atoms with E-state index in [2.05, 4.69) is 151 Å². The number of anilines is 2. The van der Waals surface area contributed by atoms with Gasteiger partial charge >= 0.3 is 0 Å². The van der Waals surface area contributed by atoms with Crippen molar-refractivity contribution in [3.63, 3.8) is 0 Å². The van der Waals surface area contributed by atoms with Crippen molar-refractivity contribution in [2.75, 3.05) is 5.32 Å². The van der Waals surface area contributed by atoms with Crippen molar-refractivity contribution in [1.82, 2.24) is 0 Å². The largest absolute Gasteiger partial charge is 0.355 e. The average Bonchev–Trinajstić information content (AvgIpc) is 3.37. The zero-order valence-electron chi connectivity index (χ0n) is 20.8. The summed E-state index contributed by atoms with van der Waals surface area (Å²) in [5.74, 6) is 0. The van der Waals surface area contributed by atoms with Gasteiger partial charge in [0, 0.05) is 37.1 Å². The number of benzene rings is 6. The zero-order chi connectivity index (χ0) is 25.3. The van der Waals surface area contributed by atoms with Gasteiger partial charge in [0.1, 0.15) is 0 Å². The Kier molecular flexibility index (Phi) is 5.73. The lowest BCUT2D eigenvalue weighted by Gasteiger charge is -2.13. The predicted molar refractivity (Wildman–Crippen MR) is 165 cm³/mol. The molecule has 0 radical (unpaired) electrons. The van der Waals surface area contributed by atoms with Gasteiger partial charge in [-0.3, -0.25) is 0 Å². The zero-order valence-corrected chi connectivity index (χ0v) is 21.6. The van der Waals surface area contributed by atoms with E-state index in [0.29, 0.717) is 0 Å². The van der Waals surface area contributed by atoms with Gasteiger partial charge in [0.2, 0.25) is 0 Å². The summed E-state index contributed by atoms with van der Waals surface area (Å²) in [6.45, 7) is 0. The van der Waals surface area contributed by atoms with E-state index >= 15 is 0 Å². The summed E-state index contributed by atoms with van der Waals surface area (Å²) in [7, 11) is 0. The standard InChI is InChI=1S/C36H25NS/c1-3-10-25(11-4-1)27-18-20-28(21-19-27)33-23-31(24-34-32-16-7-8-17-35(32)38-36(33)34)37-30-15-9-14-29(22-30)26-12-5-2-6-13-26/h1-24,37H. The van der Waals surface area contributed by atoms with Crippen molar-refractivity contribution in [3.05, 3.63) is 146 Å². The van der Waals surface area contributed by atoms with E-state index in [9.17, 15) is 0 Å². The third-order valence-electron chi connectivity index (χ3n) is 7.04. The summed E-state index contributed by atoms with van der Waals surface area (Å²) < 4.78 is 2.63. The third-order valence-corrected chi connectivity index (χ3v) is 8.26. The fourth-order valence-corrected chi connectivity index (χ4v) is 6.38. The van der Waals surface area contributed by atoms with Gasteiger partial charge in [-0.05, 0) is 58.1 Å². The Labute approximate surface area is 226 Å². The lowest BCUT2D eigenvalue weighted by molar-refractivity contribution is 1.55. The van der Waals surface area contributed by atoms with Gasteiger partial charge in [0.25, 0.3) is 0 Å². The maximum atomic E-state index is 3.71. The summed E-state index contributed by atoms with van der Waals surface area (Å²) in [6, 6.07) is 52.0. The van der Waals surface area contributed by atoms with Crippen LogP contribution in [-0.2, 0) is 0 Å². The van der Waals surface area contributed by atoms with Crippen LogP contribution in [0.4, 0.5) is 11.4 Å². The first-order valence-electron chi connectivity index (χ1n) is 12.9. The van der Waals surface area contributed by atoms with Crippen LogP contribution in [0.2, 0.25) is 0 Å². The van der Waals surface area contributed by atoms with E-state index in [1.54, 1.807) is 0 Å². The maximum Gasteiger partial charge on any atom is 0.0435 e. The molecule has 0 unspecified atom stereocenters. The monoisotopic (exact) mass is 503 g/mol. The maximum absolute atomic E-state index is 3.71. The van der Waals surface area contributed by atoms with Gasteiger partial charge in [-0.25, -0.2) is 0 Å². The summed E-state index contributed by atoms with van der Waals surface area (Å²) in [4.78, 5) is 0. The highest BCUT2D eigenvalue weighted by molar-refractivity contribution is 7.26. The summed E-state index contributed by atoms with van der Waals surface area (Å²) in [6.07, 6.45) is 0. The number of hydrogen-bond acceptors (Lipinski definition) is 2. The van der Waals surface area contributed by atoms with Crippen LogP contribution in [0.3, 0.4) is 0 Å². The number of thiophene rings is 1. The van der Waals surface area contributed by atoms with E-state index in [-0.39, 0.29) is 0 Å². The molecule has 38 heavy (non-hydrogen) atoms. The molecule has 0 aliphatic rings. The molecule has 0 amide bonds. The van der Waals surface area contributed by atoms with Crippen LogP contribution in [0.1, 0.15) is 0 Å². The highest BCUT2D eigenvalue weighted by Gasteiger charge is 2.13. The van der Waals surface area contributed by atoms with Crippen molar-refractivity contribution < 1.29 is 0 Å². The van der Waals surface area contributed by atoms with E-state index in [1.165, 1.54) is 53.6 Å². The van der Waals surface area contributed by atoms with Crippen molar-refractivity contribution in [1.29, 1.82) is 0 Å². The number of nitrogens with one attached hydrogen (secondary N) is 1. The van der Waals surface area contributed by atoms with Crippen LogP contribution < -0.4 is 5.32 Å². The number of hydrogen-bond donors (Lipinski definition) is 1. The highest BCUT2D eigenvalue weighted by Crippen LogP contribution is 2.42. The molecule has 1 nitrogen and oxygen atoms in total. The SMILES string of the molecule is c1ccc(-c2ccc(-c3cc(Nc4cccc(-c5ccccc5)c4)cc4c3sc3ccccc34)cc2)cc1. The van der Waals surface area contributed by atoms with Crippen LogP contribution in [0.25, 0.3) is 53.6 Å². The smallest absolute Gasteiger partial charge is 0.0435 e. The van der Waals surface area contributed by atoms with Crippen molar-refractivity contribution >= 4 is 42.9 Å². The quantitative estimate of drug-likeness (QED) is 0.246. The summed E-state index contributed by atoms with van der Waals surface area (Å²) in [5.41, 5.74) is 9.54. The molecule has 6 aromatic carbocycles. The van der Waals surface area contributed by atoms with Gasteiger partial charge in [-0.15, -0.1) is 11.3 Å². The Bertz CT molecular complexity index is 1870. The van der Waals surface area contributed by atoms with E-state index in [1.807, 2.05) is 11.3 Å². The molecular weight excluding hydrogens is 478 g/mol. The molecule has 7 rings (SSSR count). The van der Waals surface area contributed by atoms with E-state index < -0.39 is 0 Å². The fourth-order valence-electron chi connectivity index (χ4n) is 5.16. The van der Waals surface area contributed by atoms with Crippen LogP contribution in [0.5, 0.6) is 0 Å². The minimum Gasteiger partial charge on any atom is -0.355 e.